The lowest BCUT2D eigenvalue weighted by molar-refractivity contribution is -0.140. The number of hydrogen-bond acceptors (Lipinski definition) is 3. The summed E-state index contributed by atoms with van der Waals surface area (Å²) in [5, 5.41) is 13.8. The van der Waals surface area contributed by atoms with E-state index in [1.54, 1.807) is 13.8 Å². The van der Waals surface area contributed by atoms with Crippen LogP contribution >= 0.6 is 0 Å². The summed E-state index contributed by atoms with van der Waals surface area (Å²) in [6.07, 6.45) is 0. The van der Waals surface area contributed by atoms with Crippen molar-refractivity contribution in [3.8, 4) is 0 Å². The van der Waals surface area contributed by atoms with Crippen LogP contribution in [0.1, 0.15) is 20.8 Å². The van der Waals surface area contributed by atoms with Crippen molar-refractivity contribution in [2.24, 2.45) is 5.92 Å². The number of hydrogen-bond donors (Lipinski definition) is 3. The van der Waals surface area contributed by atoms with Crippen LogP contribution in [0.3, 0.4) is 0 Å². The Morgan fingerprint density at radius 3 is 2.44 bits per heavy atom. The molecule has 1 atom stereocenters. The molecule has 0 fully saturated rings. The molecule has 104 valence electrons. The zero-order valence-corrected chi connectivity index (χ0v) is 11.2. The first-order valence-corrected chi connectivity index (χ1v) is 5.84. The zero-order chi connectivity index (χ0) is 14.1. The first-order valence-electron chi connectivity index (χ1n) is 5.84. The second-order valence-corrected chi connectivity index (χ2v) is 4.47. The Morgan fingerprint density at radius 1 is 1.39 bits per heavy atom. The number of carboxylic acid groups (broad SMARTS) is 1. The van der Waals surface area contributed by atoms with Crippen molar-refractivity contribution < 1.29 is 19.4 Å². The van der Waals surface area contributed by atoms with Gasteiger partial charge in [0.05, 0.1) is 13.2 Å². The van der Waals surface area contributed by atoms with Crippen LogP contribution in [0.25, 0.3) is 0 Å². The molecule has 18 heavy (non-hydrogen) atoms. The largest absolute Gasteiger partial charge is 0.480 e. The van der Waals surface area contributed by atoms with Crippen molar-refractivity contribution in [2.45, 2.75) is 26.8 Å². The minimum Gasteiger partial charge on any atom is -0.480 e. The predicted molar refractivity (Wildman–Crippen MR) is 68.4 cm³/mol. The maximum absolute atomic E-state index is 11.4. The lowest BCUT2D eigenvalue weighted by Crippen LogP contribution is -2.49. The SMILES string of the molecule is C=C(C)COCCNC(=O)NC(C(=O)O)C(C)C. The van der Waals surface area contributed by atoms with Crippen molar-refractivity contribution in [1.29, 1.82) is 0 Å². The highest BCUT2D eigenvalue weighted by Gasteiger charge is 2.22. The number of nitrogens with one attached hydrogen (secondary N) is 2. The maximum Gasteiger partial charge on any atom is 0.326 e. The molecule has 6 heteroatoms. The number of urea groups is 1. The van der Waals surface area contributed by atoms with Gasteiger partial charge in [0.1, 0.15) is 6.04 Å². The van der Waals surface area contributed by atoms with Gasteiger partial charge in [-0.2, -0.15) is 0 Å². The molecule has 0 aliphatic rings. The third-order valence-electron chi connectivity index (χ3n) is 2.10. The molecule has 0 aromatic rings. The maximum atomic E-state index is 11.4. The van der Waals surface area contributed by atoms with Crippen molar-refractivity contribution in [3.05, 3.63) is 12.2 Å². The van der Waals surface area contributed by atoms with Gasteiger partial charge >= 0.3 is 12.0 Å². The highest BCUT2D eigenvalue weighted by atomic mass is 16.5. The van der Waals surface area contributed by atoms with Crippen molar-refractivity contribution in [2.75, 3.05) is 19.8 Å². The molecule has 0 aliphatic carbocycles. The number of aliphatic carboxylic acids is 1. The molecule has 0 aliphatic heterocycles. The van der Waals surface area contributed by atoms with Crippen LogP contribution < -0.4 is 10.6 Å². The van der Waals surface area contributed by atoms with Crippen molar-refractivity contribution in [3.63, 3.8) is 0 Å². The summed E-state index contributed by atoms with van der Waals surface area (Å²) in [5.41, 5.74) is 0.908. The van der Waals surface area contributed by atoms with Crippen LogP contribution in [-0.4, -0.2) is 42.9 Å². The lowest BCUT2D eigenvalue weighted by atomic mass is 10.1. The van der Waals surface area contributed by atoms with Crippen LogP contribution in [-0.2, 0) is 9.53 Å². The van der Waals surface area contributed by atoms with Gasteiger partial charge in [0.2, 0.25) is 0 Å². The minimum atomic E-state index is -1.04. The van der Waals surface area contributed by atoms with Crippen LogP contribution in [0.15, 0.2) is 12.2 Å². The van der Waals surface area contributed by atoms with Crippen molar-refractivity contribution in [1.82, 2.24) is 10.6 Å². The summed E-state index contributed by atoms with van der Waals surface area (Å²) in [4.78, 5) is 22.3. The highest BCUT2D eigenvalue weighted by Crippen LogP contribution is 2.00. The van der Waals surface area contributed by atoms with Gasteiger partial charge < -0.3 is 20.5 Å². The Morgan fingerprint density at radius 2 is 2.00 bits per heavy atom. The number of ether oxygens (including phenoxy) is 1. The molecule has 0 saturated carbocycles. The molecule has 0 aromatic carbocycles. The molecule has 0 rings (SSSR count). The Hall–Kier alpha value is -1.56. The summed E-state index contributed by atoms with van der Waals surface area (Å²) in [7, 11) is 0. The molecule has 6 nitrogen and oxygen atoms in total. The number of carbonyl (C=O) groups is 2. The molecule has 1 unspecified atom stereocenters. The average Bonchev–Trinajstić information content (AvgIpc) is 2.24. The van der Waals surface area contributed by atoms with Gasteiger partial charge in [0.15, 0.2) is 0 Å². The number of rotatable bonds is 8. The van der Waals surface area contributed by atoms with E-state index < -0.39 is 18.0 Å². The summed E-state index contributed by atoms with van der Waals surface area (Å²) in [5.74, 6) is -1.22. The van der Waals surface area contributed by atoms with E-state index >= 15 is 0 Å². The van der Waals surface area contributed by atoms with Crippen LogP contribution in [0.4, 0.5) is 4.79 Å². The smallest absolute Gasteiger partial charge is 0.326 e. The third-order valence-corrected chi connectivity index (χ3v) is 2.10. The summed E-state index contributed by atoms with van der Waals surface area (Å²) >= 11 is 0. The fraction of sp³-hybridized carbons (Fsp3) is 0.667. The quantitative estimate of drug-likeness (QED) is 0.447. The molecule has 0 radical (unpaired) electrons. The van der Waals surface area contributed by atoms with Gasteiger partial charge in [-0.05, 0) is 12.8 Å². The fourth-order valence-electron chi connectivity index (χ4n) is 1.19. The highest BCUT2D eigenvalue weighted by molar-refractivity contribution is 5.82. The molecular weight excluding hydrogens is 236 g/mol. The van der Waals surface area contributed by atoms with E-state index in [1.807, 2.05) is 6.92 Å². The topological polar surface area (TPSA) is 87.7 Å². The Labute approximate surface area is 107 Å². The molecular formula is C12H22N2O4. The molecule has 0 spiro atoms. The number of amides is 2. The first-order chi connectivity index (χ1) is 8.34. The summed E-state index contributed by atoms with van der Waals surface area (Å²) in [6, 6.07) is -1.39. The Balaban J connectivity index is 3.82. The average molecular weight is 258 g/mol. The fourth-order valence-corrected chi connectivity index (χ4v) is 1.19. The summed E-state index contributed by atoms with van der Waals surface area (Å²) < 4.78 is 5.19. The number of carboxylic acids is 1. The molecule has 0 saturated heterocycles. The molecule has 0 heterocycles. The zero-order valence-electron chi connectivity index (χ0n) is 11.2. The molecule has 0 aromatic heterocycles. The van der Waals surface area contributed by atoms with Gasteiger partial charge in [-0.3, -0.25) is 0 Å². The second kappa shape index (κ2) is 8.52. The standard InChI is InChI=1S/C12H22N2O4/c1-8(2)7-18-6-5-13-12(17)14-10(9(3)4)11(15)16/h9-10H,1,5-7H2,2-4H3,(H,15,16)(H2,13,14,17). The van der Waals surface area contributed by atoms with E-state index in [0.29, 0.717) is 19.8 Å². The molecule has 2 amide bonds. The van der Waals surface area contributed by atoms with Gasteiger partial charge in [0, 0.05) is 6.54 Å². The minimum absolute atomic E-state index is 0.173. The van der Waals surface area contributed by atoms with Crippen LogP contribution in [0.5, 0.6) is 0 Å². The van der Waals surface area contributed by atoms with Gasteiger partial charge in [0.25, 0.3) is 0 Å². The first kappa shape index (κ1) is 16.4. The van der Waals surface area contributed by atoms with Crippen molar-refractivity contribution >= 4 is 12.0 Å². The van der Waals surface area contributed by atoms with Gasteiger partial charge in [-0.25, -0.2) is 9.59 Å². The predicted octanol–water partition coefficient (Wildman–Crippen LogP) is 0.988. The summed E-state index contributed by atoms with van der Waals surface area (Å²) in [6.45, 7) is 10.1. The van der Waals surface area contributed by atoms with E-state index in [4.69, 9.17) is 9.84 Å². The van der Waals surface area contributed by atoms with E-state index in [-0.39, 0.29) is 5.92 Å². The third kappa shape index (κ3) is 7.67. The van der Waals surface area contributed by atoms with Crippen LogP contribution in [0.2, 0.25) is 0 Å². The second-order valence-electron chi connectivity index (χ2n) is 4.47. The van der Waals surface area contributed by atoms with E-state index in [1.165, 1.54) is 0 Å². The lowest BCUT2D eigenvalue weighted by Gasteiger charge is -2.18. The Bertz CT molecular complexity index is 302. The van der Waals surface area contributed by atoms with Gasteiger partial charge in [-0.1, -0.05) is 26.0 Å². The monoisotopic (exact) mass is 258 g/mol. The molecule has 3 N–H and O–H groups in total. The number of carbonyl (C=O) groups excluding carboxylic acids is 1. The van der Waals surface area contributed by atoms with E-state index in [9.17, 15) is 9.59 Å². The van der Waals surface area contributed by atoms with Gasteiger partial charge in [-0.15, -0.1) is 0 Å². The normalized spacial score (nSPS) is 12.0. The Kier molecular flexibility index (Phi) is 7.78. The van der Waals surface area contributed by atoms with E-state index in [2.05, 4.69) is 17.2 Å². The van der Waals surface area contributed by atoms with E-state index in [0.717, 1.165) is 5.57 Å². The molecule has 0 bridgehead atoms. The van der Waals surface area contributed by atoms with Crippen LogP contribution in [0, 0.1) is 5.92 Å².